The second-order valence-electron chi connectivity index (χ2n) is 7.38. The Hall–Kier alpha value is -1.69. The normalized spacial score (nSPS) is 24.4. The quantitative estimate of drug-likeness (QED) is 0.876. The zero-order valence-electron chi connectivity index (χ0n) is 14.3. The first-order valence-corrected chi connectivity index (χ1v) is 8.36. The van der Waals surface area contributed by atoms with Crippen LogP contribution in [0, 0.1) is 17.7 Å². The molecule has 134 valence electrons. The summed E-state index contributed by atoms with van der Waals surface area (Å²) < 4.78 is 19.3. The number of nitrogens with one attached hydrogen (secondary N) is 1. The van der Waals surface area contributed by atoms with E-state index in [4.69, 9.17) is 10.5 Å². The number of hydrogen-bond acceptors (Lipinski definition) is 4. The van der Waals surface area contributed by atoms with Crippen molar-refractivity contribution in [2.75, 3.05) is 13.1 Å². The molecule has 0 spiro atoms. The van der Waals surface area contributed by atoms with E-state index >= 15 is 0 Å². The van der Waals surface area contributed by atoms with Gasteiger partial charge in [0.25, 0.3) is 0 Å². The lowest BCUT2D eigenvalue weighted by atomic mass is 9.95. The molecule has 1 aromatic heterocycles. The van der Waals surface area contributed by atoms with E-state index in [1.54, 1.807) is 12.1 Å². The van der Waals surface area contributed by atoms with E-state index < -0.39 is 5.54 Å². The molecule has 1 aromatic carbocycles. The van der Waals surface area contributed by atoms with E-state index in [9.17, 15) is 4.39 Å². The van der Waals surface area contributed by atoms with Gasteiger partial charge < -0.3 is 15.8 Å². The van der Waals surface area contributed by atoms with E-state index in [-0.39, 0.29) is 24.3 Å². The van der Waals surface area contributed by atoms with Gasteiger partial charge in [-0.15, -0.1) is 12.4 Å². The number of ether oxygens (including phenoxy) is 1. The Balaban J connectivity index is 0.00000182. The van der Waals surface area contributed by atoms with Crippen LogP contribution in [0.2, 0.25) is 0 Å². The van der Waals surface area contributed by atoms with Crippen LogP contribution in [0.4, 0.5) is 4.39 Å². The van der Waals surface area contributed by atoms with Crippen molar-refractivity contribution in [1.82, 2.24) is 10.3 Å². The Kier molecular flexibility index (Phi) is 4.75. The van der Waals surface area contributed by atoms with Gasteiger partial charge in [-0.05, 0) is 49.7 Å². The fourth-order valence-corrected chi connectivity index (χ4v) is 3.38. The van der Waals surface area contributed by atoms with Gasteiger partial charge in [0.15, 0.2) is 0 Å². The van der Waals surface area contributed by atoms with Crippen LogP contribution in [0.5, 0.6) is 5.88 Å². The minimum atomic E-state index is -0.503. The molecular weight excluding hydrogens is 341 g/mol. The molecule has 3 atom stereocenters. The van der Waals surface area contributed by atoms with Crippen molar-refractivity contribution in [2.45, 2.75) is 25.5 Å². The van der Waals surface area contributed by atoms with Crippen molar-refractivity contribution >= 4 is 12.4 Å². The van der Waals surface area contributed by atoms with E-state index in [1.165, 1.54) is 12.1 Å². The summed E-state index contributed by atoms with van der Waals surface area (Å²) >= 11 is 0. The van der Waals surface area contributed by atoms with E-state index in [1.807, 2.05) is 26.0 Å². The molecule has 0 amide bonds. The molecule has 0 bridgehead atoms. The van der Waals surface area contributed by atoms with E-state index in [2.05, 4.69) is 10.3 Å². The number of rotatable bonds is 4. The molecule has 4 nitrogen and oxygen atoms in total. The monoisotopic (exact) mass is 363 g/mol. The van der Waals surface area contributed by atoms with Crippen LogP contribution in [-0.2, 0) is 5.54 Å². The van der Waals surface area contributed by atoms with E-state index in [0.29, 0.717) is 17.7 Å². The summed E-state index contributed by atoms with van der Waals surface area (Å²) in [5.41, 5.74) is 8.34. The first-order valence-electron chi connectivity index (χ1n) is 8.36. The highest BCUT2D eigenvalue weighted by atomic mass is 35.5. The Bertz CT molecular complexity index is 750. The molecule has 1 saturated carbocycles. The van der Waals surface area contributed by atoms with Gasteiger partial charge in [-0.2, -0.15) is 0 Å². The number of nitrogens with zero attached hydrogens (tertiary/aromatic N) is 1. The van der Waals surface area contributed by atoms with E-state index in [0.717, 1.165) is 29.9 Å². The SMILES string of the molecule is CC(C)(N)c1cc(O[C@@H]2[C@@H]3CNC[C@@H]32)nc(-c2ccc(F)cc2)c1.Cl. The van der Waals surface area contributed by atoms with Gasteiger partial charge in [-0.1, -0.05) is 0 Å². The molecule has 25 heavy (non-hydrogen) atoms. The number of aromatic nitrogens is 1. The van der Waals surface area contributed by atoms with Gasteiger partial charge in [0.1, 0.15) is 11.9 Å². The number of nitrogens with two attached hydrogens (primary N) is 1. The summed E-state index contributed by atoms with van der Waals surface area (Å²) in [5, 5.41) is 3.36. The first-order chi connectivity index (χ1) is 11.4. The average Bonchev–Trinajstić information content (AvgIpc) is 2.95. The highest BCUT2D eigenvalue weighted by molar-refractivity contribution is 5.85. The summed E-state index contributed by atoms with van der Waals surface area (Å²) in [6.45, 7) is 5.94. The maximum Gasteiger partial charge on any atom is 0.214 e. The molecular formula is C19H23ClFN3O. The second-order valence-corrected chi connectivity index (χ2v) is 7.38. The highest BCUT2D eigenvalue weighted by Gasteiger charge is 2.55. The van der Waals surface area contributed by atoms with Gasteiger partial charge in [-0.25, -0.2) is 9.37 Å². The van der Waals surface area contributed by atoms with Crippen molar-refractivity contribution in [3.8, 4) is 17.1 Å². The second kappa shape index (κ2) is 6.56. The lowest BCUT2D eigenvalue weighted by Crippen LogP contribution is -2.29. The number of fused-ring (bicyclic) bond motifs is 1. The van der Waals surface area contributed by atoms with Crippen LogP contribution in [0.25, 0.3) is 11.3 Å². The molecule has 4 rings (SSSR count). The molecule has 1 saturated heterocycles. The molecule has 1 aliphatic heterocycles. The maximum absolute atomic E-state index is 13.2. The third-order valence-corrected chi connectivity index (χ3v) is 4.96. The van der Waals surface area contributed by atoms with Crippen molar-refractivity contribution in [3.63, 3.8) is 0 Å². The largest absolute Gasteiger partial charge is 0.474 e. The predicted octanol–water partition coefficient (Wildman–Crippen LogP) is 3.10. The Morgan fingerprint density at radius 3 is 2.40 bits per heavy atom. The molecule has 0 unspecified atom stereocenters. The minimum absolute atomic E-state index is 0. The van der Waals surface area contributed by atoms with Gasteiger partial charge >= 0.3 is 0 Å². The minimum Gasteiger partial charge on any atom is -0.474 e. The molecule has 2 heterocycles. The zero-order chi connectivity index (χ0) is 16.9. The lowest BCUT2D eigenvalue weighted by molar-refractivity contribution is 0.251. The molecule has 1 aliphatic carbocycles. The summed E-state index contributed by atoms with van der Waals surface area (Å²) in [4.78, 5) is 4.63. The van der Waals surface area contributed by atoms with Crippen LogP contribution >= 0.6 is 12.4 Å². The standard InChI is InChI=1S/C19H22FN3O.ClH/c1-19(2,21)12-7-16(11-3-5-13(20)6-4-11)23-17(8-12)24-18-14-9-22-10-15(14)18;/h3-8,14-15,18,22H,9-10,21H2,1-2H3;1H/t14-,15+,18-;. The Labute approximate surface area is 153 Å². The van der Waals surface area contributed by atoms with Crippen LogP contribution in [-0.4, -0.2) is 24.2 Å². The fraction of sp³-hybridized carbons (Fsp3) is 0.421. The average molecular weight is 364 g/mol. The van der Waals surface area contributed by atoms with Crippen molar-refractivity contribution in [3.05, 3.63) is 47.8 Å². The summed E-state index contributed by atoms with van der Waals surface area (Å²) in [7, 11) is 0. The molecule has 2 aliphatic rings. The van der Waals surface area contributed by atoms with Gasteiger partial charge in [0.2, 0.25) is 5.88 Å². The van der Waals surface area contributed by atoms with Crippen molar-refractivity contribution in [1.29, 1.82) is 0 Å². The number of piperidine rings is 1. The van der Waals surface area contributed by atoms with Crippen LogP contribution in [0.15, 0.2) is 36.4 Å². The smallest absolute Gasteiger partial charge is 0.214 e. The topological polar surface area (TPSA) is 60.2 Å². The summed E-state index contributed by atoms with van der Waals surface area (Å²) in [6.07, 6.45) is 0.246. The van der Waals surface area contributed by atoms with Crippen LogP contribution < -0.4 is 15.8 Å². The number of benzene rings is 1. The van der Waals surface area contributed by atoms with Crippen LogP contribution in [0.1, 0.15) is 19.4 Å². The molecule has 3 N–H and O–H groups in total. The van der Waals surface area contributed by atoms with Gasteiger partial charge in [0.05, 0.1) is 5.69 Å². The lowest BCUT2D eigenvalue weighted by Gasteiger charge is -2.21. The number of hydrogen-bond donors (Lipinski definition) is 2. The van der Waals surface area contributed by atoms with Crippen molar-refractivity contribution in [2.24, 2.45) is 17.6 Å². The third-order valence-electron chi connectivity index (χ3n) is 4.96. The number of pyridine rings is 1. The Morgan fingerprint density at radius 1 is 1.16 bits per heavy atom. The zero-order valence-corrected chi connectivity index (χ0v) is 15.1. The fourth-order valence-electron chi connectivity index (χ4n) is 3.38. The third kappa shape index (κ3) is 3.64. The summed E-state index contributed by atoms with van der Waals surface area (Å²) in [5.74, 6) is 1.53. The molecule has 6 heteroatoms. The number of halogens is 2. The maximum atomic E-state index is 13.2. The summed E-state index contributed by atoms with van der Waals surface area (Å²) in [6, 6.07) is 10.2. The van der Waals surface area contributed by atoms with Crippen molar-refractivity contribution < 1.29 is 9.13 Å². The highest BCUT2D eigenvalue weighted by Crippen LogP contribution is 2.44. The van der Waals surface area contributed by atoms with Gasteiger partial charge in [-0.3, -0.25) is 0 Å². The predicted molar refractivity (Wildman–Crippen MR) is 98.4 cm³/mol. The van der Waals surface area contributed by atoms with Crippen LogP contribution in [0.3, 0.4) is 0 Å². The molecule has 2 aromatic rings. The molecule has 0 radical (unpaired) electrons. The van der Waals surface area contributed by atoms with Gasteiger partial charge in [0, 0.05) is 42.1 Å². The first kappa shape index (κ1) is 18.1. The Morgan fingerprint density at radius 2 is 1.80 bits per heavy atom. The molecule has 2 fully saturated rings.